The van der Waals surface area contributed by atoms with Crippen LogP contribution in [0.2, 0.25) is 0 Å². The van der Waals surface area contributed by atoms with E-state index < -0.39 is 0 Å². The van der Waals surface area contributed by atoms with Crippen LogP contribution in [-0.2, 0) is 0 Å². The predicted octanol–water partition coefficient (Wildman–Crippen LogP) is 4.45. The van der Waals surface area contributed by atoms with Crippen LogP contribution in [0.3, 0.4) is 0 Å². The third kappa shape index (κ3) is 3.69. The van der Waals surface area contributed by atoms with E-state index in [9.17, 15) is 0 Å². The van der Waals surface area contributed by atoms with Gasteiger partial charge in [0.15, 0.2) is 5.82 Å². The summed E-state index contributed by atoms with van der Waals surface area (Å²) in [4.78, 5) is 7.07. The standard InChI is InChI=1S/C18H29N3/c1-2-6-15-8-10-16(11-9-15)20-17-7-5-12-19-18(17)21-13-3-4-14-21/h5,7,12,15-16,20H,2-4,6,8-11,13-14H2,1H3. The number of hydrogen-bond donors (Lipinski definition) is 1. The third-order valence-corrected chi connectivity index (χ3v) is 5.10. The van der Waals surface area contributed by atoms with E-state index in [0.717, 1.165) is 19.0 Å². The van der Waals surface area contributed by atoms with Gasteiger partial charge in [-0.3, -0.25) is 0 Å². The molecule has 3 rings (SSSR count). The molecule has 2 heterocycles. The second-order valence-corrected chi connectivity index (χ2v) is 6.72. The summed E-state index contributed by atoms with van der Waals surface area (Å²) >= 11 is 0. The van der Waals surface area contributed by atoms with Crippen LogP contribution in [0.1, 0.15) is 58.3 Å². The zero-order valence-electron chi connectivity index (χ0n) is 13.4. The summed E-state index contributed by atoms with van der Waals surface area (Å²) in [5.74, 6) is 2.14. The quantitative estimate of drug-likeness (QED) is 0.867. The molecule has 2 fully saturated rings. The normalized spacial score (nSPS) is 26.0. The van der Waals surface area contributed by atoms with Gasteiger partial charge in [0, 0.05) is 25.3 Å². The van der Waals surface area contributed by atoms with Gasteiger partial charge in [0.1, 0.15) is 0 Å². The highest BCUT2D eigenvalue weighted by Gasteiger charge is 2.22. The topological polar surface area (TPSA) is 28.2 Å². The van der Waals surface area contributed by atoms with Crippen LogP contribution in [0, 0.1) is 5.92 Å². The van der Waals surface area contributed by atoms with Gasteiger partial charge in [-0.05, 0) is 56.6 Å². The molecule has 1 aromatic heterocycles. The number of nitrogens with one attached hydrogen (secondary N) is 1. The van der Waals surface area contributed by atoms with Gasteiger partial charge in [-0.25, -0.2) is 4.98 Å². The van der Waals surface area contributed by atoms with Crippen LogP contribution in [0.4, 0.5) is 11.5 Å². The first-order chi connectivity index (χ1) is 10.4. The molecule has 0 amide bonds. The molecule has 0 aromatic carbocycles. The summed E-state index contributed by atoms with van der Waals surface area (Å²) < 4.78 is 0. The minimum absolute atomic E-state index is 0.642. The SMILES string of the molecule is CCCC1CCC(Nc2cccnc2N2CCCC2)CC1. The Balaban J connectivity index is 1.60. The van der Waals surface area contributed by atoms with Crippen LogP contribution in [0.25, 0.3) is 0 Å². The first kappa shape index (κ1) is 14.7. The molecule has 0 bridgehead atoms. The Hall–Kier alpha value is -1.25. The number of anilines is 2. The zero-order chi connectivity index (χ0) is 14.5. The molecule has 0 radical (unpaired) electrons. The highest BCUT2D eigenvalue weighted by atomic mass is 15.2. The molecule has 3 nitrogen and oxygen atoms in total. The van der Waals surface area contributed by atoms with Gasteiger partial charge < -0.3 is 10.2 Å². The molecule has 2 aliphatic rings. The second kappa shape index (κ2) is 7.15. The van der Waals surface area contributed by atoms with Crippen molar-refractivity contribution in [3.63, 3.8) is 0 Å². The zero-order valence-corrected chi connectivity index (χ0v) is 13.4. The lowest BCUT2D eigenvalue weighted by Gasteiger charge is -2.31. The smallest absolute Gasteiger partial charge is 0.151 e. The molecular formula is C18H29N3. The molecule has 3 heteroatoms. The average molecular weight is 287 g/mol. The van der Waals surface area contributed by atoms with E-state index in [1.807, 2.05) is 6.20 Å². The summed E-state index contributed by atoms with van der Waals surface area (Å²) in [5.41, 5.74) is 1.25. The fourth-order valence-electron chi connectivity index (χ4n) is 3.91. The molecule has 1 aromatic rings. The van der Waals surface area contributed by atoms with Crippen molar-refractivity contribution in [2.45, 2.75) is 64.3 Å². The van der Waals surface area contributed by atoms with Crippen molar-refractivity contribution in [3.05, 3.63) is 18.3 Å². The molecule has 1 aliphatic carbocycles. The van der Waals surface area contributed by atoms with Crippen molar-refractivity contribution >= 4 is 11.5 Å². The van der Waals surface area contributed by atoms with E-state index in [-0.39, 0.29) is 0 Å². The Labute approximate surface area is 129 Å². The van der Waals surface area contributed by atoms with E-state index in [4.69, 9.17) is 0 Å². The molecule has 0 spiro atoms. The van der Waals surface area contributed by atoms with Crippen LogP contribution in [0.5, 0.6) is 0 Å². The molecule has 21 heavy (non-hydrogen) atoms. The maximum Gasteiger partial charge on any atom is 0.151 e. The molecule has 0 atom stereocenters. The molecule has 0 unspecified atom stereocenters. The van der Waals surface area contributed by atoms with E-state index in [0.29, 0.717) is 6.04 Å². The Kier molecular flexibility index (Phi) is 5.00. The van der Waals surface area contributed by atoms with E-state index >= 15 is 0 Å². The molecule has 1 saturated heterocycles. The Morgan fingerprint density at radius 3 is 2.67 bits per heavy atom. The lowest BCUT2D eigenvalue weighted by molar-refractivity contribution is 0.319. The van der Waals surface area contributed by atoms with Crippen molar-refractivity contribution in [1.29, 1.82) is 0 Å². The lowest BCUT2D eigenvalue weighted by atomic mass is 9.83. The summed E-state index contributed by atoms with van der Waals surface area (Å²) in [6.07, 6.45) is 12.7. The van der Waals surface area contributed by atoms with Gasteiger partial charge in [0.25, 0.3) is 0 Å². The van der Waals surface area contributed by atoms with E-state index in [1.54, 1.807) is 0 Å². The number of pyridine rings is 1. The predicted molar refractivity (Wildman–Crippen MR) is 90.0 cm³/mol. The summed E-state index contributed by atoms with van der Waals surface area (Å²) in [5, 5.41) is 3.78. The maximum atomic E-state index is 4.63. The summed E-state index contributed by atoms with van der Waals surface area (Å²) in [7, 11) is 0. The van der Waals surface area contributed by atoms with Crippen LogP contribution in [0.15, 0.2) is 18.3 Å². The van der Waals surface area contributed by atoms with Gasteiger partial charge in [-0.1, -0.05) is 19.8 Å². The van der Waals surface area contributed by atoms with E-state index in [1.165, 1.54) is 62.9 Å². The molecule has 1 aliphatic heterocycles. The van der Waals surface area contributed by atoms with Gasteiger partial charge in [0.05, 0.1) is 5.69 Å². The van der Waals surface area contributed by atoms with Crippen molar-refractivity contribution in [2.75, 3.05) is 23.3 Å². The van der Waals surface area contributed by atoms with Gasteiger partial charge >= 0.3 is 0 Å². The highest BCUT2D eigenvalue weighted by Crippen LogP contribution is 2.32. The second-order valence-electron chi connectivity index (χ2n) is 6.72. The maximum absolute atomic E-state index is 4.63. The number of rotatable bonds is 5. The number of nitrogens with zero attached hydrogens (tertiary/aromatic N) is 2. The lowest BCUT2D eigenvalue weighted by Crippen LogP contribution is -2.28. The van der Waals surface area contributed by atoms with Crippen molar-refractivity contribution in [3.8, 4) is 0 Å². The molecule has 1 N–H and O–H groups in total. The Morgan fingerprint density at radius 1 is 1.19 bits per heavy atom. The minimum Gasteiger partial charge on any atom is -0.379 e. The molecule has 116 valence electrons. The monoisotopic (exact) mass is 287 g/mol. The fourth-order valence-corrected chi connectivity index (χ4v) is 3.91. The van der Waals surface area contributed by atoms with Crippen molar-refractivity contribution < 1.29 is 0 Å². The van der Waals surface area contributed by atoms with Gasteiger partial charge in [-0.2, -0.15) is 0 Å². The number of hydrogen-bond acceptors (Lipinski definition) is 3. The summed E-state index contributed by atoms with van der Waals surface area (Å²) in [6, 6.07) is 4.91. The third-order valence-electron chi connectivity index (χ3n) is 5.10. The highest BCUT2D eigenvalue weighted by molar-refractivity contribution is 5.66. The van der Waals surface area contributed by atoms with Crippen molar-refractivity contribution in [2.24, 2.45) is 5.92 Å². The first-order valence-electron chi connectivity index (χ1n) is 8.83. The first-order valence-corrected chi connectivity index (χ1v) is 8.83. The van der Waals surface area contributed by atoms with Gasteiger partial charge in [0.2, 0.25) is 0 Å². The fraction of sp³-hybridized carbons (Fsp3) is 0.722. The number of aromatic nitrogens is 1. The van der Waals surface area contributed by atoms with Crippen LogP contribution in [-0.4, -0.2) is 24.1 Å². The molecular weight excluding hydrogens is 258 g/mol. The Morgan fingerprint density at radius 2 is 1.95 bits per heavy atom. The van der Waals surface area contributed by atoms with E-state index in [2.05, 4.69) is 34.3 Å². The van der Waals surface area contributed by atoms with Gasteiger partial charge in [-0.15, -0.1) is 0 Å². The largest absolute Gasteiger partial charge is 0.379 e. The Bertz CT molecular complexity index is 432. The van der Waals surface area contributed by atoms with Crippen LogP contribution < -0.4 is 10.2 Å². The minimum atomic E-state index is 0.642. The van der Waals surface area contributed by atoms with Crippen molar-refractivity contribution in [1.82, 2.24) is 4.98 Å². The average Bonchev–Trinajstić information content (AvgIpc) is 3.04. The van der Waals surface area contributed by atoms with Crippen LogP contribution >= 0.6 is 0 Å². The summed E-state index contributed by atoms with van der Waals surface area (Å²) in [6.45, 7) is 4.63. The molecule has 1 saturated carbocycles.